The third-order valence-electron chi connectivity index (χ3n) is 2.86. The molecule has 6 heteroatoms. The van der Waals surface area contributed by atoms with E-state index in [4.69, 9.17) is 34.8 Å². The van der Waals surface area contributed by atoms with E-state index in [0.717, 1.165) is 27.6 Å². The van der Waals surface area contributed by atoms with Gasteiger partial charge in [0.1, 0.15) is 0 Å². The van der Waals surface area contributed by atoms with Gasteiger partial charge in [-0.3, -0.25) is 4.79 Å². The number of carbonyl (C=O) groups excluding carboxylic acids is 1. The van der Waals surface area contributed by atoms with Crippen LogP contribution in [0.1, 0.15) is 13.8 Å². The van der Waals surface area contributed by atoms with Gasteiger partial charge in [-0.2, -0.15) is 0 Å². The van der Waals surface area contributed by atoms with Gasteiger partial charge in [0.15, 0.2) is 0 Å². The molecule has 0 N–H and O–H groups in total. The van der Waals surface area contributed by atoms with Crippen LogP contribution in [0.25, 0.3) is 10.8 Å². The fourth-order valence-electron chi connectivity index (χ4n) is 1.83. The highest BCUT2D eigenvalue weighted by molar-refractivity contribution is 7.98. The Morgan fingerprint density at radius 1 is 1.10 bits per heavy atom. The van der Waals surface area contributed by atoms with Crippen LogP contribution in [0.4, 0.5) is 0 Å². The summed E-state index contributed by atoms with van der Waals surface area (Å²) in [7, 11) is 0. The van der Waals surface area contributed by atoms with E-state index >= 15 is 0 Å². The molecule has 112 valence electrons. The van der Waals surface area contributed by atoms with Crippen LogP contribution in [-0.2, 0) is 4.79 Å². The molecule has 0 bridgehead atoms. The summed E-state index contributed by atoms with van der Waals surface area (Å²) in [5.74, 6) is -0.490. The Hall–Kier alpha value is -0.610. The average molecular weight is 363 g/mol. The maximum absolute atomic E-state index is 12.3. The topological polar surface area (TPSA) is 20.3 Å². The van der Waals surface area contributed by atoms with Crippen LogP contribution < -0.4 is 0 Å². The molecule has 0 heterocycles. The number of alkyl halides is 3. The van der Waals surface area contributed by atoms with Crippen molar-refractivity contribution in [3.63, 3.8) is 0 Å². The second-order valence-corrected chi connectivity index (χ2v) is 8.03. The molecule has 0 aromatic heterocycles. The molecule has 0 aliphatic rings. The first-order valence-corrected chi connectivity index (χ1v) is 8.28. The molecule has 0 saturated heterocycles. The summed E-state index contributed by atoms with van der Waals surface area (Å²) in [6.07, 6.45) is 0. The Bertz CT molecular complexity index is 649. The van der Waals surface area contributed by atoms with E-state index in [1.807, 2.05) is 42.5 Å². The summed E-state index contributed by atoms with van der Waals surface area (Å²) in [5.41, 5.74) is 0. The molecule has 0 unspecified atom stereocenters. The van der Waals surface area contributed by atoms with Crippen LogP contribution in [0.5, 0.6) is 0 Å². The fraction of sp³-hybridized carbons (Fsp3) is 0.267. The van der Waals surface area contributed by atoms with Gasteiger partial charge in [-0.1, -0.05) is 85.0 Å². The summed E-state index contributed by atoms with van der Waals surface area (Å²) in [5, 5.41) is 2.09. The molecule has 0 atom stereocenters. The molecule has 2 aromatic rings. The number of hydrogen-bond acceptors (Lipinski definition) is 2. The van der Waals surface area contributed by atoms with Crippen molar-refractivity contribution in [3.8, 4) is 0 Å². The third kappa shape index (κ3) is 3.98. The Morgan fingerprint density at radius 3 is 2.33 bits per heavy atom. The lowest BCUT2D eigenvalue weighted by molar-refractivity contribution is -0.129. The van der Waals surface area contributed by atoms with E-state index in [1.54, 1.807) is 13.8 Å². The van der Waals surface area contributed by atoms with Crippen molar-refractivity contribution in [2.45, 2.75) is 22.7 Å². The second-order valence-electron chi connectivity index (χ2n) is 4.82. The number of amides is 1. The van der Waals surface area contributed by atoms with Crippen molar-refractivity contribution in [2.75, 3.05) is 0 Å². The van der Waals surface area contributed by atoms with Crippen molar-refractivity contribution >= 4 is 63.4 Å². The van der Waals surface area contributed by atoms with E-state index in [-0.39, 0.29) is 11.8 Å². The molecule has 0 aliphatic heterocycles. The summed E-state index contributed by atoms with van der Waals surface area (Å²) < 4.78 is -0.604. The first kappa shape index (κ1) is 16.8. The van der Waals surface area contributed by atoms with Crippen molar-refractivity contribution in [3.05, 3.63) is 42.5 Å². The first-order chi connectivity index (χ1) is 9.80. The standard InChI is InChI=1S/C15H14Cl3NOS/c1-10(2)14(20)19(15(16,17)18)21-13-9-5-7-11-6-3-4-8-12(11)13/h3-10H,1-2H3. The molecule has 2 nitrogen and oxygen atoms in total. The minimum atomic E-state index is -1.80. The van der Waals surface area contributed by atoms with Gasteiger partial charge >= 0.3 is 0 Å². The number of rotatable bonds is 3. The highest BCUT2D eigenvalue weighted by atomic mass is 35.6. The van der Waals surface area contributed by atoms with Gasteiger partial charge in [-0.05, 0) is 28.8 Å². The van der Waals surface area contributed by atoms with E-state index in [9.17, 15) is 4.79 Å². The summed E-state index contributed by atoms with van der Waals surface area (Å²) in [4.78, 5) is 13.2. The summed E-state index contributed by atoms with van der Waals surface area (Å²) >= 11 is 19.0. The minimum Gasteiger partial charge on any atom is -0.274 e. The quantitative estimate of drug-likeness (QED) is 0.399. The molecule has 1 amide bonds. The molecule has 2 aromatic carbocycles. The molecule has 21 heavy (non-hydrogen) atoms. The Morgan fingerprint density at radius 2 is 1.71 bits per heavy atom. The van der Waals surface area contributed by atoms with E-state index in [1.165, 1.54) is 4.31 Å². The number of carbonyl (C=O) groups is 1. The van der Waals surface area contributed by atoms with E-state index < -0.39 is 3.92 Å². The van der Waals surface area contributed by atoms with Crippen molar-refractivity contribution in [1.82, 2.24) is 4.31 Å². The van der Waals surface area contributed by atoms with Gasteiger partial charge in [0.05, 0.1) is 0 Å². The van der Waals surface area contributed by atoms with Crippen molar-refractivity contribution in [2.24, 2.45) is 5.92 Å². The number of halogens is 3. The molecule has 0 fully saturated rings. The van der Waals surface area contributed by atoms with Gasteiger partial charge in [0.25, 0.3) is 3.92 Å². The SMILES string of the molecule is CC(C)C(=O)N(Sc1cccc2ccccc12)C(Cl)(Cl)Cl. The van der Waals surface area contributed by atoms with Crippen LogP contribution in [0, 0.1) is 5.92 Å². The zero-order valence-corrected chi connectivity index (χ0v) is 14.6. The fourth-order valence-corrected chi connectivity index (χ4v) is 3.41. The molecule has 0 spiro atoms. The highest BCUT2D eigenvalue weighted by Gasteiger charge is 2.36. The monoisotopic (exact) mass is 361 g/mol. The lowest BCUT2D eigenvalue weighted by Crippen LogP contribution is -2.37. The maximum Gasteiger partial charge on any atom is 0.280 e. The van der Waals surface area contributed by atoms with Crippen LogP contribution in [-0.4, -0.2) is 14.1 Å². The van der Waals surface area contributed by atoms with Gasteiger partial charge in [-0.25, -0.2) is 4.31 Å². The third-order valence-corrected chi connectivity index (χ3v) is 4.86. The molecular weight excluding hydrogens is 349 g/mol. The van der Waals surface area contributed by atoms with Gasteiger partial charge in [-0.15, -0.1) is 0 Å². The Kier molecular flexibility index (Phi) is 5.31. The van der Waals surface area contributed by atoms with Crippen LogP contribution in [0.3, 0.4) is 0 Å². The van der Waals surface area contributed by atoms with Gasteiger partial charge < -0.3 is 0 Å². The number of fused-ring (bicyclic) bond motifs is 1. The first-order valence-electron chi connectivity index (χ1n) is 6.37. The second kappa shape index (κ2) is 6.66. The predicted octanol–water partition coefficient (Wildman–Crippen LogP) is 5.66. The van der Waals surface area contributed by atoms with Crippen molar-refractivity contribution < 1.29 is 4.79 Å². The lowest BCUT2D eigenvalue weighted by Gasteiger charge is -2.29. The maximum atomic E-state index is 12.3. The highest BCUT2D eigenvalue weighted by Crippen LogP contribution is 2.42. The summed E-state index contributed by atoms with van der Waals surface area (Å²) in [6, 6.07) is 13.7. The average Bonchev–Trinajstić information content (AvgIpc) is 2.42. The number of nitrogens with zero attached hydrogens (tertiary/aromatic N) is 1. The largest absolute Gasteiger partial charge is 0.280 e. The number of hydrogen-bond donors (Lipinski definition) is 0. The predicted molar refractivity (Wildman–Crippen MR) is 91.8 cm³/mol. The molecule has 0 radical (unpaired) electrons. The minimum absolute atomic E-state index is 0.229. The molecule has 0 aliphatic carbocycles. The van der Waals surface area contributed by atoms with Gasteiger partial charge in [0.2, 0.25) is 5.91 Å². The molecular formula is C15H14Cl3NOS. The molecule has 0 saturated carbocycles. The zero-order chi connectivity index (χ0) is 15.6. The zero-order valence-electron chi connectivity index (χ0n) is 11.5. The van der Waals surface area contributed by atoms with Crippen LogP contribution in [0.15, 0.2) is 47.4 Å². The van der Waals surface area contributed by atoms with Gasteiger partial charge in [0, 0.05) is 10.8 Å². The van der Waals surface area contributed by atoms with Crippen LogP contribution >= 0.6 is 46.8 Å². The summed E-state index contributed by atoms with van der Waals surface area (Å²) in [6.45, 7) is 3.55. The van der Waals surface area contributed by atoms with E-state index in [2.05, 4.69) is 0 Å². The lowest BCUT2D eigenvalue weighted by atomic mass is 10.1. The normalized spacial score (nSPS) is 11.9. The smallest absolute Gasteiger partial charge is 0.274 e. The number of benzene rings is 2. The molecule has 2 rings (SSSR count). The van der Waals surface area contributed by atoms with Crippen molar-refractivity contribution in [1.29, 1.82) is 0 Å². The Balaban J connectivity index is 2.42. The Labute approximate surface area is 143 Å². The van der Waals surface area contributed by atoms with Crippen LogP contribution in [0.2, 0.25) is 0 Å². The van der Waals surface area contributed by atoms with E-state index in [0.29, 0.717) is 0 Å².